The quantitative estimate of drug-likeness (QED) is 0.446. The predicted molar refractivity (Wildman–Crippen MR) is 118 cm³/mol. The average molecular weight is 410 g/mol. The zero-order valence-corrected chi connectivity index (χ0v) is 18.3. The number of fused-ring (bicyclic) bond motifs is 2. The van der Waals surface area contributed by atoms with Crippen molar-refractivity contribution in [3.63, 3.8) is 0 Å². The van der Waals surface area contributed by atoms with Gasteiger partial charge in [0.2, 0.25) is 0 Å². The van der Waals surface area contributed by atoms with Crippen LogP contribution in [0.3, 0.4) is 0 Å². The van der Waals surface area contributed by atoms with E-state index in [9.17, 15) is 4.79 Å². The lowest BCUT2D eigenvalue weighted by Gasteiger charge is -2.33. The highest BCUT2D eigenvalue weighted by atomic mass is 32.2. The Morgan fingerprint density at radius 3 is 2.66 bits per heavy atom. The van der Waals surface area contributed by atoms with E-state index in [0.717, 1.165) is 47.5 Å². The Kier molecular flexibility index (Phi) is 5.49. The lowest BCUT2D eigenvalue weighted by molar-refractivity contribution is -0.0573. The van der Waals surface area contributed by atoms with E-state index in [1.807, 2.05) is 37.3 Å². The van der Waals surface area contributed by atoms with E-state index in [-0.39, 0.29) is 11.2 Å². The van der Waals surface area contributed by atoms with Crippen LogP contribution in [0, 0.1) is 6.92 Å². The van der Waals surface area contributed by atoms with Crippen LogP contribution >= 0.6 is 11.8 Å². The van der Waals surface area contributed by atoms with Crippen molar-refractivity contribution in [2.75, 3.05) is 5.75 Å². The summed E-state index contributed by atoms with van der Waals surface area (Å²) < 4.78 is 7.78. The van der Waals surface area contributed by atoms with E-state index >= 15 is 0 Å². The second-order valence-electron chi connectivity index (χ2n) is 7.95. The van der Waals surface area contributed by atoms with E-state index in [0.29, 0.717) is 22.8 Å². The molecule has 3 aromatic rings. The van der Waals surface area contributed by atoms with E-state index < -0.39 is 0 Å². The molecule has 1 atom stereocenters. The molecule has 152 valence electrons. The van der Waals surface area contributed by atoms with Crippen molar-refractivity contribution in [1.29, 1.82) is 0 Å². The number of hydrogen-bond acceptors (Lipinski definition) is 5. The highest BCUT2D eigenvalue weighted by molar-refractivity contribution is 7.99. The van der Waals surface area contributed by atoms with Gasteiger partial charge in [0.15, 0.2) is 10.8 Å². The summed E-state index contributed by atoms with van der Waals surface area (Å²) in [6, 6.07) is 9.92. The zero-order valence-electron chi connectivity index (χ0n) is 17.5. The molecule has 1 aliphatic heterocycles. The van der Waals surface area contributed by atoms with Crippen molar-refractivity contribution in [3.05, 3.63) is 57.5 Å². The molecule has 0 fully saturated rings. The Morgan fingerprint density at radius 2 is 1.97 bits per heavy atom. The van der Waals surface area contributed by atoms with Crippen LogP contribution in [-0.2, 0) is 17.8 Å². The number of rotatable bonds is 5. The van der Waals surface area contributed by atoms with Crippen LogP contribution in [0.1, 0.15) is 50.4 Å². The second kappa shape index (κ2) is 7.92. The van der Waals surface area contributed by atoms with Crippen LogP contribution in [0.25, 0.3) is 16.7 Å². The monoisotopic (exact) mass is 409 g/mol. The van der Waals surface area contributed by atoms with Crippen LogP contribution in [0.2, 0.25) is 0 Å². The van der Waals surface area contributed by atoms with Crippen molar-refractivity contribution < 1.29 is 4.74 Å². The molecule has 0 unspecified atom stereocenters. The number of pyridine rings is 1. The summed E-state index contributed by atoms with van der Waals surface area (Å²) >= 11 is 1.60. The molecule has 2 aromatic heterocycles. The van der Waals surface area contributed by atoms with Crippen LogP contribution in [0.15, 0.2) is 40.3 Å². The van der Waals surface area contributed by atoms with Crippen LogP contribution in [0.4, 0.5) is 0 Å². The third-order valence-electron chi connectivity index (χ3n) is 5.59. The smallest absolute Gasteiger partial charge is 0.268 e. The van der Waals surface area contributed by atoms with Crippen LogP contribution in [-0.4, -0.2) is 25.9 Å². The molecule has 1 aliphatic rings. The van der Waals surface area contributed by atoms with E-state index in [1.54, 1.807) is 16.3 Å². The second-order valence-corrected chi connectivity index (χ2v) is 9.02. The van der Waals surface area contributed by atoms with Gasteiger partial charge >= 0.3 is 0 Å². The molecule has 0 N–H and O–H groups in total. The number of hydrogen-bond donors (Lipinski definition) is 0. The minimum Gasteiger partial charge on any atom is -0.370 e. The maximum atomic E-state index is 13.5. The fourth-order valence-corrected chi connectivity index (χ4v) is 4.40. The molecule has 4 rings (SSSR count). The fourth-order valence-electron chi connectivity index (χ4n) is 3.55. The Hall–Kier alpha value is -2.18. The minimum atomic E-state index is -0.204. The Labute approximate surface area is 175 Å². The molecule has 6 heteroatoms. The maximum absolute atomic E-state index is 13.5. The van der Waals surface area contributed by atoms with Crippen molar-refractivity contribution in [2.24, 2.45) is 0 Å². The Balaban J connectivity index is 1.91. The normalized spacial score (nSPS) is 18.8. The molecule has 1 aromatic carbocycles. The molecule has 0 spiro atoms. The number of aromatic nitrogens is 3. The molecule has 0 aliphatic carbocycles. The lowest BCUT2D eigenvalue weighted by Crippen LogP contribution is -2.35. The molecule has 0 saturated carbocycles. The zero-order chi connectivity index (χ0) is 20.6. The Morgan fingerprint density at radius 1 is 1.21 bits per heavy atom. The first-order valence-electron chi connectivity index (χ1n) is 10.2. The summed E-state index contributed by atoms with van der Waals surface area (Å²) in [4.78, 5) is 23.1. The van der Waals surface area contributed by atoms with Gasteiger partial charge in [-0.2, -0.15) is 0 Å². The molecule has 3 heterocycles. The van der Waals surface area contributed by atoms with Gasteiger partial charge in [-0.1, -0.05) is 43.3 Å². The molecule has 0 amide bonds. The largest absolute Gasteiger partial charge is 0.370 e. The summed E-state index contributed by atoms with van der Waals surface area (Å²) in [5, 5.41) is 1.25. The topological polar surface area (TPSA) is 57.0 Å². The van der Waals surface area contributed by atoms with Gasteiger partial charge in [-0.15, -0.1) is 0 Å². The van der Waals surface area contributed by atoms with Crippen molar-refractivity contribution >= 4 is 22.8 Å². The van der Waals surface area contributed by atoms with Gasteiger partial charge < -0.3 is 4.74 Å². The summed E-state index contributed by atoms with van der Waals surface area (Å²) in [6.45, 7) is 8.90. The third kappa shape index (κ3) is 3.83. The average Bonchev–Trinajstić information content (AvgIpc) is 2.72. The fraction of sp³-hybridized carbons (Fsp3) is 0.435. The molecular weight excluding hydrogens is 382 g/mol. The van der Waals surface area contributed by atoms with Gasteiger partial charge in [0.25, 0.3) is 5.56 Å². The standard InChI is InChI=1S/C23H27N3O2S/c1-5-11-29-22-25-20-18(21(27)26(22)17-9-7-15(3)8-10-17)12-16-14-28-23(4,6-2)13-19(16)24-20/h7-10,12H,5-6,11,13-14H2,1-4H3/t23-/m0/s1. The number of nitrogens with zero attached hydrogens (tertiary/aromatic N) is 3. The summed E-state index contributed by atoms with van der Waals surface area (Å²) in [7, 11) is 0. The summed E-state index contributed by atoms with van der Waals surface area (Å²) in [6.07, 6.45) is 2.68. The predicted octanol–water partition coefficient (Wildman–Crippen LogP) is 4.83. The van der Waals surface area contributed by atoms with Gasteiger partial charge in [0.1, 0.15) is 0 Å². The first-order valence-corrected chi connectivity index (χ1v) is 11.2. The maximum Gasteiger partial charge on any atom is 0.268 e. The van der Waals surface area contributed by atoms with E-state index in [2.05, 4.69) is 20.8 Å². The highest BCUT2D eigenvalue weighted by Crippen LogP contribution is 2.31. The number of ether oxygens (including phenoxy) is 1. The van der Waals surface area contributed by atoms with Gasteiger partial charge in [-0.25, -0.2) is 9.97 Å². The van der Waals surface area contributed by atoms with Crippen LogP contribution in [0.5, 0.6) is 0 Å². The molecule has 0 bridgehead atoms. The molecule has 0 radical (unpaired) electrons. The van der Waals surface area contributed by atoms with Gasteiger partial charge in [-0.05, 0) is 44.9 Å². The van der Waals surface area contributed by atoms with Crippen molar-refractivity contribution in [2.45, 2.75) is 64.3 Å². The molecule has 5 nitrogen and oxygen atoms in total. The Bertz CT molecular complexity index is 1110. The number of benzene rings is 1. The summed E-state index contributed by atoms with van der Waals surface area (Å²) in [5.74, 6) is 0.899. The van der Waals surface area contributed by atoms with Gasteiger partial charge in [-0.3, -0.25) is 9.36 Å². The first-order chi connectivity index (χ1) is 13.9. The van der Waals surface area contributed by atoms with Crippen molar-refractivity contribution in [1.82, 2.24) is 14.5 Å². The van der Waals surface area contributed by atoms with E-state index in [4.69, 9.17) is 14.7 Å². The minimum absolute atomic E-state index is 0.0726. The summed E-state index contributed by atoms with van der Waals surface area (Å²) in [5.41, 5.74) is 4.25. The highest BCUT2D eigenvalue weighted by Gasteiger charge is 2.31. The van der Waals surface area contributed by atoms with Gasteiger partial charge in [0.05, 0.1) is 29.0 Å². The molecule has 29 heavy (non-hydrogen) atoms. The van der Waals surface area contributed by atoms with Gasteiger partial charge in [0, 0.05) is 17.7 Å². The molecule has 0 saturated heterocycles. The van der Waals surface area contributed by atoms with E-state index in [1.165, 1.54) is 0 Å². The lowest BCUT2D eigenvalue weighted by atomic mass is 9.91. The van der Waals surface area contributed by atoms with Crippen molar-refractivity contribution in [3.8, 4) is 5.69 Å². The third-order valence-corrected chi connectivity index (χ3v) is 6.73. The SMILES string of the molecule is CCCSc1nc2nc3c(cc2c(=O)n1-c1ccc(C)cc1)CO[C@@](C)(CC)C3. The first kappa shape index (κ1) is 20.1. The number of thioether (sulfide) groups is 1. The van der Waals surface area contributed by atoms with Crippen LogP contribution < -0.4 is 5.56 Å². The number of aryl methyl sites for hydroxylation is 1. The molecular formula is C23H27N3O2S.